The topological polar surface area (TPSA) is 37.8 Å². The first-order valence-corrected chi connectivity index (χ1v) is 6.19. The molecular weight excluding hydrogens is 218 g/mol. The van der Waals surface area contributed by atoms with Crippen LogP contribution in [0.15, 0.2) is 29.6 Å². The molecule has 0 bridgehead atoms. The lowest BCUT2D eigenvalue weighted by Gasteiger charge is -2.13. The van der Waals surface area contributed by atoms with Gasteiger partial charge in [0, 0.05) is 11.1 Å². The predicted octanol–water partition coefficient (Wildman–Crippen LogP) is 3.27. The van der Waals surface area contributed by atoms with Crippen LogP contribution in [0.1, 0.15) is 31.0 Å². The van der Waals surface area contributed by atoms with Crippen molar-refractivity contribution in [2.24, 2.45) is 0 Å². The van der Waals surface area contributed by atoms with E-state index in [1.807, 2.05) is 11.4 Å². The summed E-state index contributed by atoms with van der Waals surface area (Å²) in [6.45, 7) is 5.13. The molecule has 1 aromatic heterocycles. The van der Waals surface area contributed by atoms with Crippen molar-refractivity contribution in [2.45, 2.75) is 26.3 Å². The summed E-state index contributed by atoms with van der Waals surface area (Å²) in [5.74, 6) is 0.525. The largest absolute Gasteiger partial charge is 0.379 e. The molecule has 0 saturated heterocycles. The number of hydrogen-bond acceptors (Lipinski definition) is 4. The SMILES string of the molecule is CC(C)c1ccccc1NCc1csnn1. The smallest absolute Gasteiger partial charge is 0.0946 e. The van der Waals surface area contributed by atoms with Crippen LogP contribution in [0.4, 0.5) is 5.69 Å². The third-order valence-corrected chi connectivity index (χ3v) is 3.00. The predicted molar refractivity (Wildman–Crippen MR) is 67.8 cm³/mol. The third kappa shape index (κ3) is 2.58. The standard InChI is InChI=1S/C12H15N3S/c1-9(2)11-5-3-4-6-12(11)13-7-10-8-16-15-14-10/h3-6,8-9,13H,7H2,1-2H3. The summed E-state index contributed by atoms with van der Waals surface area (Å²) >= 11 is 1.38. The van der Waals surface area contributed by atoms with E-state index in [4.69, 9.17) is 0 Å². The minimum Gasteiger partial charge on any atom is -0.379 e. The van der Waals surface area contributed by atoms with E-state index < -0.39 is 0 Å². The molecule has 1 N–H and O–H groups in total. The first-order valence-electron chi connectivity index (χ1n) is 5.36. The minimum atomic E-state index is 0.525. The van der Waals surface area contributed by atoms with Crippen molar-refractivity contribution in [1.82, 2.24) is 9.59 Å². The van der Waals surface area contributed by atoms with Gasteiger partial charge in [-0.25, -0.2) is 0 Å². The number of benzene rings is 1. The van der Waals surface area contributed by atoms with E-state index in [2.05, 4.69) is 47.0 Å². The average molecular weight is 233 g/mol. The van der Waals surface area contributed by atoms with Gasteiger partial charge in [0.25, 0.3) is 0 Å². The maximum absolute atomic E-state index is 4.01. The van der Waals surface area contributed by atoms with Crippen molar-refractivity contribution in [3.8, 4) is 0 Å². The maximum atomic E-state index is 4.01. The highest BCUT2D eigenvalue weighted by molar-refractivity contribution is 7.03. The molecule has 0 amide bonds. The highest BCUT2D eigenvalue weighted by atomic mass is 32.1. The van der Waals surface area contributed by atoms with Crippen molar-refractivity contribution in [1.29, 1.82) is 0 Å². The quantitative estimate of drug-likeness (QED) is 0.880. The molecule has 1 aromatic carbocycles. The third-order valence-electron chi connectivity index (χ3n) is 2.45. The van der Waals surface area contributed by atoms with Gasteiger partial charge in [-0.1, -0.05) is 36.5 Å². The van der Waals surface area contributed by atoms with E-state index in [1.54, 1.807) is 0 Å². The number of rotatable bonds is 4. The Morgan fingerprint density at radius 3 is 2.81 bits per heavy atom. The molecule has 0 aliphatic heterocycles. The molecule has 3 nitrogen and oxygen atoms in total. The van der Waals surface area contributed by atoms with Crippen LogP contribution in [0.2, 0.25) is 0 Å². The lowest BCUT2D eigenvalue weighted by molar-refractivity contribution is 0.864. The summed E-state index contributed by atoms with van der Waals surface area (Å²) in [7, 11) is 0. The highest BCUT2D eigenvalue weighted by Gasteiger charge is 2.05. The molecule has 0 fully saturated rings. The Balaban J connectivity index is 2.09. The van der Waals surface area contributed by atoms with Crippen LogP contribution >= 0.6 is 11.5 Å². The Morgan fingerprint density at radius 1 is 1.31 bits per heavy atom. The van der Waals surface area contributed by atoms with Crippen molar-refractivity contribution in [3.05, 3.63) is 40.9 Å². The van der Waals surface area contributed by atoms with Crippen LogP contribution in [-0.4, -0.2) is 9.59 Å². The molecule has 2 rings (SSSR count). The minimum absolute atomic E-state index is 0.525. The molecule has 0 radical (unpaired) electrons. The zero-order chi connectivity index (χ0) is 11.4. The number of nitrogens with one attached hydrogen (secondary N) is 1. The van der Waals surface area contributed by atoms with Gasteiger partial charge in [-0.3, -0.25) is 0 Å². The molecule has 2 aromatic rings. The second-order valence-corrected chi connectivity index (χ2v) is 4.60. The van der Waals surface area contributed by atoms with E-state index in [0.29, 0.717) is 5.92 Å². The van der Waals surface area contributed by atoms with Gasteiger partial charge in [-0.05, 0) is 29.1 Å². The molecule has 0 aliphatic carbocycles. The van der Waals surface area contributed by atoms with Crippen LogP contribution in [0.5, 0.6) is 0 Å². The molecule has 0 spiro atoms. The van der Waals surface area contributed by atoms with Crippen LogP contribution in [0.25, 0.3) is 0 Å². The van der Waals surface area contributed by atoms with Crippen molar-refractivity contribution >= 4 is 17.2 Å². The molecule has 0 aliphatic rings. The number of hydrogen-bond donors (Lipinski definition) is 1. The molecule has 16 heavy (non-hydrogen) atoms. The van der Waals surface area contributed by atoms with E-state index in [0.717, 1.165) is 12.2 Å². The van der Waals surface area contributed by atoms with Gasteiger partial charge in [-0.2, -0.15) is 0 Å². The number of aromatic nitrogens is 2. The monoisotopic (exact) mass is 233 g/mol. The number of para-hydroxylation sites is 1. The summed E-state index contributed by atoms with van der Waals surface area (Å²) in [6.07, 6.45) is 0. The average Bonchev–Trinajstić information content (AvgIpc) is 2.79. The maximum Gasteiger partial charge on any atom is 0.0946 e. The van der Waals surface area contributed by atoms with Gasteiger partial charge in [-0.15, -0.1) is 5.10 Å². The summed E-state index contributed by atoms with van der Waals surface area (Å²) in [5, 5.41) is 9.38. The van der Waals surface area contributed by atoms with Gasteiger partial charge in [0.2, 0.25) is 0 Å². The highest BCUT2D eigenvalue weighted by Crippen LogP contribution is 2.23. The molecule has 0 atom stereocenters. The summed E-state index contributed by atoms with van der Waals surface area (Å²) < 4.78 is 3.84. The Labute approximate surface area is 99.7 Å². The van der Waals surface area contributed by atoms with Crippen LogP contribution in [0, 0.1) is 0 Å². The Morgan fingerprint density at radius 2 is 2.12 bits per heavy atom. The Bertz CT molecular complexity index is 437. The van der Waals surface area contributed by atoms with Gasteiger partial charge < -0.3 is 5.32 Å². The van der Waals surface area contributed by atoms with Gasteiger partial charge >= 0.3 is 0 Å². The summed E-state index contributed by atoms with van der Waals surface area (Å²) in [6, 6.07) is 8.39. The van der Waals surface area contributed by atoms with Crippen LogP contribution in [0.3, 0.4) is 0 Å². The lowest BCUT2D eigenvalue weighted by atomic mass is 10.0. The van der Waals surface area contributed by atoms with Crippen molar-refractivity contribution < 1.29 is 0 Å². The first-order chi connectivity index (χ1) is 7.77. The summed E-state index contributed by atoms with van der Waals surface area (Å²) in [5.41, 5.74) is 3.51. The molecule has 0 unspecified atom stereocenters. The lowest BCUT2D eigenvalue weighted by Crippen LogP contribution is -2.03. The van der Waals surface area contributed by atoms with Gasteiger partial charge in [0.05, 0.1) is 12.2 Å². The second-order valence-electron chi connectivity index (χ2n) is 3.99. The van der Waals surface area contributed by atoms with Crippen LogP contribution < -0.4 is 5.32 Å². The van der Waals surface area contributed by atoms with E-state index >= 15 is 0 Å². The zero-order valence-electron chi connectivity index (χ0n) is 9.47. The fraction of sp³-hybridized carbons (Fsp3) is 0.333. The van der Waals surface area contributed by atoms with E-state index in [1.165, 1.54) is 22.8 Å². The second kappa shape index (κ2) is 5.07. The molecular formula is C12H15N3S. The fourth-order valence-electron chi connectivity index (χ4n) is 1.61. The van der Waals surface area contributed by atoms with E-state index in [-0.39, 0.29) is 0 Å². The number of nitrogens with zero attached hydrogens (tertiary/aromatic N) is 2. The Kier molecular flexibility index (Phi) is 3.51. The van der Waals surface area contributed by atoms with E-state index in [9.17, 15) is 0 Å². The van der Waals surface area contributed by atoms with Crippen molar-refractivity contribution in [3.63, 3.8) is 0 Å². The summed E-state index contributed by atoms with van der Waals surface area (Å²) in [4.78, 5) is 0. The van der Waals surface area contributed by atoms with Gasteiger partial charge in [0.15, 0.2) is 0 Å². The van der Waals surface area contributed by atoms with Crippen molar-refractivity contribution in [2.75, 3.05) is 5.32 Å². The zero-order valence-corrected chi connectivity index (χ0v) is 10.3. The number of anilines is 1. The fourth-order valence-corrected chi connectivity index (χ4v) is 2.06. The van der Waals surface area contributed by atoms with Crippen LogP contribution in [-0.2, 0) is 6.54 Å². The molecule has 84 valence electrons. The molecule has 4 heteroatoms. The normalized spacial score (nSPS) is 10.7. The van der Waals surface area contributed by atoms with Gasteiger partial charge in [0.1, 0.15) is 0 Å². The molecule has 1 heterocycles. The molecule has 0 saturated carbocycles. The first kappa shape index (κ1) is 11.1. The Hall–Kier alpha value is -1.42.